The van der Waals surface area contributed by atoms with Gasteiger partial charge in [0.25, 0.3) is 0 Å². The average Bonchev–Trinajstić information content (AvgIpc) is 2.44. The SMILES string of the molecule is COc1ccc2cc(C(C)(C)CCC(=O)O)ccc2c1. The van der Waals surface area contributed by atoms with Crippen LogP contribution in [0.4, 0.5) is 0 Å². The molecule has 0 saturated heterocycles. The smallest absolute Gasteiger partial charge is 0.303 e. The van der Waals surface area contributed by atoms with Crippen molar-refractivity contribution in [3.05, 3.63) is 42.0 Å². The highest BCUT2D eigenvalue weighted by atomic mass is 16.5. The standard InChI is InChI=1S/C17H20O3/c1-17(2,9-8-16(18)19)14-6-4-13-11-15(20-3)7-5-12(13)10-14/h4-7,10-11H,8-9H2,1-3H3,(H,18,19). The molecule has 2 aromatic carbocycles. The van der Waals surface area contributed by atoms with E-state index in [9.17, 15) is 4.79 Å². The minimum atomic E-state index is -0.747. The van der Waals surface area contributed by atoms with E-state index in [1.165, 1.54) is 0 Å². The maximum absolute atomic E-state index is 10.7. The number of benzene rings is 2. The lowest BCUT2D eigenvalue weighted by atomic mass is 9.80. The quantitative estimate of drug-likeness (QED) is 0.895. The van der Waals surface area contributed by atoms with Gasteiger partial charge in [0.2, 0.25) is 0 Å². The van der Waals surface area contributed by atoms with Crippen molar-refractivity contribution in [1.82, 2.24) is 0 Å². The summed E-state index contributed by atoms with van der Waals surface area (Å²) in [5.74, 6) is 0.0963. The van der Waals surface area contributed by atoms with E-state index in [4.69, 9.17) is 9.84 Å². The van der Waals surface area contributed by atoms with Gasteiger partial charge in [0, 0.05) is 6.42 Å². The summed E-state index contributed by atoms with van der Waals surface area (Å²) in [5, 5.41) is 11.1. The summed E-state index contributed by atoms with van der Waals surface area (Å²) in [4.78, 5) is 10.7. The van der Waals surface area contributed by atoms with E-state index in [1.807, 2.05) is 18.2 Å². The van der Waals surface area contributed by atoms with Crippen LogP contribution in [0.1, 0.15) is 32.3 Å². The molecular formula is C17H20O3. The van der Waals surface area contributed by atoms with Gasteiger partial charge in [-0.15, -0.1) is 0 Å². The van der Waals surface area contributed by atoms with E-state index in [-0.39, 0.29) is 11.8 Å². The summed E-state index contributed by atoms with van der Waals surface area (Å²) in [6.45, 7) is 4.17. The largest absolute Gasteiger partial charge is 0.497 e. The molecule has 0 atom stereocenters. The fourth-order valence-corrected chi connectivity index (χ4v) is 2.34. The summed E-state index contributed by atoms with van der Waals surface area (Å²) in [5.41, 5.74) is 1.02. The van der Waals surface area contributed by atoms with E-state index >= 15 is 0 Å². The van der Waals surface area contributed by atoms with Crippen LogP contribution in [0.5, 0.6) is 5.75 Å². The second-order valence-electron chi connectivity index (χ2n) is 5.71. The molecule has 0 fully saturated rings. The molecule has 2 aromatic rings. The van der Waals surface area contributed by atoms with Gasteiger partial charge in [-0.25, -0.2) is 0 Å². The molecule has 0 saturated carbocycles. The number of carbonyl (C=O) groups is 1. The van der Waals surface area contributed by atoms with Gasteiger partial charge in [-0.2, -0.15) is 0 Å². The van der Waals surface area contributed by atoms with Crippen molar-refractivity contribution >= 4 is 16.7 Å². The van der Waals surface area contributed by atoms with Crippen molar-refractivity contribution < 1.29 is 14.6 Å². The van der Waals surface area contributed by atoms with Crippen LogP contribution in [0.2, 0.25) is 0 Å². The Labute approximate surface area is 119 Å². The van der Waals surface area contributed by atoms with Crippen LogP contribution >= 0.6 is 0 Å². The fourth-order valence-electron chi connectivity index (χ4n) is 2.34. The maximum atomic E-state index is 10.7. The monoisotopic (exact) mass is 272 g/mol. The molecule has 0 unspecified atom stereocenters. The molecular weight excluding hydrogens is 252 g/mol. The average molecular weight is 272 g/mol. The highest BCUT2D eigenvalue weighted by molar-refractivity contribution is 5.84. The molecule has 0 spiro atoms. The minimum absolute atomic E-state index is 0.146. The molecule has 0 aliphatic carbocycles. The highest BCUT2D eigenvalue weighted by Gasteiger charge is 2.21. The predicted molar refractivity (Wildman–Crippen MR) is 80.4 cm³/mol. The molecule has 20 heavy (non-hydrogen) atoms. The van der Waals surface area contributed by atoms with Gasteiger partial charge in [0.1, 0.15) is 5.75 Å². The first-order valence-electron chi connectivity index (χ1n) is 6.72. The molecule has 3 heteroatoms. The molecule has 106 valence electrons. The van der Waals surface area contributed by atoms with Gasteiger partial charge in [0.05, 0.1) is 7.11 Å². The van der Waals surface area contributed by atoms with Gasteiger partial charge in [-0.3, -0.25) is 4.79 Å². The van der Waals surface area contributed by atoms with Crippen LogP contribution in [-0.2, 0) is 10.2 Å². The maximum Gasteiger partial charge on any atom is 0.303 e. The van der Waals surface area contributed by atoms with Gasteiger partial charge in [0.15, 0.2) is 0 Å². The topological polar surface area (TPSA) is 46.5 Å². The molecule has 0 amide bonds. The van der Waals surface area contributed by atoms with Crippen LogP contribution < -0.4 is 4.74 Å². The highest BCUT2D eigenvalue weighted by Crippen LogP contribution is 2.31. The molecule has 1 N–H and O–H groups in total. The predicted octanol–water partition coefficient (Wildman–Crippen LogP) is 3.99. The van der Waals surface area contributed by atoms with Crippen LogP contribution in [0, 0.1) is 0 Å². The van der Waals surface area contributed by atoms with Gasteiger partial charge >= 0.3 is 5.97 Å². The molecule has 0 bridgehead atoms. The Morgan fingerprint density at radius 2 is 1.80 bits per heavy atom. The first-order valence-corrected chi connectivity index (χ1v) is 6.72. The van der Waals surface area contributed by atoms with Crippen LogP contribution in [0.15, 0.2) is 36.4 Å². The fraction of sp³-hybridized carbons (Fsp3) is 0.353. The summed E-state index contributed by atoms with van der Waals surface area (Å²) in [7, 11) is 1.66. The number of methoxy groups -OCH3 is 1. The number of hydrogen-bond donors (Lipinski definition) is 1. The molecule has 0 heterocycles. The Hall–Kier alpha value is -2.03. The Bertz CT molecular complexity index is 629. The minimum Gasteiger partial charge on any atom is -0.497 e. The molecule has 0 aromatic heterocycles. The van der Waals surface area contributed by atoms with Crippen molar-refractivity contribution in [2.45, 2.75) is 32.1 Å². The Morgan fingerprint density at radius 1 is 1.15 bits per heavy atom. The zero-order valence-corrected chi connectivity index (χ0v) is 12.1. The van der Waals surface area contributed by atoms with Crippen LogP contribution in [-0.4, -0.2) is 18.2 Å². The Morgan fingerprint density at radius 3 is 2.45 bits per heavy atom. The first-order chi connectivity index (χ1) is 9.42. The number of rotatable bonds is 5. The molecule has 0 aliphatic rings. The van der Waals surface area contributed by atoms with E-state index in [0.717, 1.165) is 22.1 Å². The van der Waals surface area contributed by atoms with Gasteiger partial charge in [-0.1, -0.05) is 38.1 Å². The van der Waals surface area contributed by atoms with E-state index in [1.54, 1.807) is 7.11 Å². The lowest BCUT2D eigenvalue weighted by molar-refractivity contribution is -0.137. The summed E-state index contributed by atoms with van der Waals surface area (Å²) in [6.07, 6.45) is 0.817. The van der Waals surface area contributed by atoms with Crippen molar-refractivity contribution in [3.8, 4) is 5.75 Å². The van der Waals surface area contributed by atoms with Gasteiger partial charge in [-0.05, 0) is 40.3 Å². The number of aliphatic carboxylic acids is 1. The lowest BCUT2D eigenvalue weighted by Gasteiger charge is -2.25. The van der Waals surface area contributed by atoms with Crippen molar-refractivity contribution in [2.24, 2.45) is 0 Å². The van der Waals surface area contributed by atoms with Crippen molar-refractivity contribution in [1.29, 1.82) is 0 Å². The normalized spacial score (nSPS) is 11.6. The lowest BCUT2D eigenvalue weighted by Crippen LogP contribution is -2.18. The number of carboxylic acid groups (broad SMARTS) is 1. The van der Waals surface area contributed by atoms with Crippen LogP contribution in [0.25, 0.3) is 10.8 Å². The second-order valence-corrected chi connectivity index (χ2v) is 5.71. The Balaban J connectivity index is 2.33. The molecule has 3 nitrogen and oxygen atoms in total. The number of hydrogen-bond acceptors (Lipinski definition) is 2. The number of carboxylic acids is 1. The zero-order valence-electron chi connectivity index (χ0n) is 12.1. The summed E-state index contributed by atoms with van der Waals surface area (Å²) >= 11 is 0. The van der Waals surface area contributed by atoms with E-state index in [2.05, 4.69) is 32.0 Å². The number of fused-ring (bicyclic) bond motifs is 1. The van der Waals surface area contributed by atoms with E-state index < -0.39 is 5.97 Å². The molecule has 0 aliphatic heterocycles. The van der Waals surface area contributed by atoms with Gasteiger partial charge < -0.3 is 9.84 Å². The van der Waals surface area contributed by atoms with Crippen LogP contribution in [0.3, 0.4) is 0 Å². The Kier molecular flexibility index (Phi) is 3.98. The third-order valence-electron chi connectivity index (χ3n) is 3.79. The molecule has 0 radical (unpaired) electrons. The summed E-state index contributed by atoms with van der Waals surface area (Å²) in [6, 6.07) is 12.3. The van der Waals surface area contributed by atoms with E-state index in [0.29, 0.717) is 6.42 Å². The second kappa shape index (κ2) is 5.53. The van der Waals surface area contributed by atoms with Crippen molar-refractivity contribution in [3.63, 3.8) is 0 Å². The number of ether oxygens (including phenoxy) is 1. The summed E-state index contributed by atoms with van der Waals surface area (Å²) < 4.78 is 5.22. The first kappa shape index (κ1) is 14.4. The molecule has 2 rings (SSSR count). The third-order valence-corrected chi connectivity index (χ3v) is 3.79. The zero-order chi connectivity index (χ0) is 14.8. The van der Waals surface area contributed by atoms with Crippen molar-refractivity contribution in [2.75, 3.05) is 7.11 Å². The third kappa shape index (κ3) is 3.10.